The van der Waals surface area contributed by atoms with E-state index in [9.17, 15) is 4.79 Å². The van der Waals surface area contributed by atoms with E-state index < -0.39 is 0 Å². The summed E-state index contributed by atoms with van der Waals surface area (Å²) < 4.78 is 10.5. The number of nitrogens with zero attached hydrogens (tertiary/aromatic N) is 2. The number of nitrogens with one attached hydrogen (secondary N) is 1. The molecule has 0 saturated carbocycles. The summed E-state index contributed by atoms with van der Waals surface area (Å²) >= 11 is 0. The van der Waals surface area contributed by atoms with Gasteiger partial charge in [0, 0.05) is 25.7 Å². The van der Waals surface area contributed by atoms with Crippen LogP contribution in [0, 0.1) is 0 Å². The summed E-state index contributed by atoms with van der Waals surface area (Å²) in [5.41, 5.74) is 5.90. The molecule has 1 atom stereocenters. The van der Waals surface area contributed by atoms with Crippen LogP contribution in [0.5, 0.6) is 0 Å². The first-order valence-corrected chi connectivity index (χ1v) is 7.78. The molecular weight excluding hydrogens is 399 g/mol. The van der Waals surface area contributed by atoms with Gasteiger partial charge in [0.1, 0.15) is 0 Å². The molecule has 22 heavy (non-hydrogen) atoms. The van der Waals surface area contributed by atoms with Crippen LogP contribution in [0.3, 0.4) is 0 Å². The number of amides is 1. The number of carbonyl (C=O) groups is 1. The fraction of sp³-hybridized carbons (Fsp3) is 0.857. The van der Waals surface area contributed by atoms with Gasteiger partial charge in [0.15, 0.2) is 5.96 Å². The van der Waals surface area contributed by atoms with Gasteiger partial charge in [-0.25, -0.2) is 4.79 Å². The van der Waals surface area contributed by atoms with Gasteiger partial charge in [0.05, 0.1) is 19.3 Å². The third kappa shape index (κ3) is 6.15. The van der Waals surface area contributed by atoms with Crippen LogP contribution in [0.15, 0.2) is 4.99 Å². The van der Waals surface area contributed by atoms with Crippen LogP contribution in [0.2, 0.25) is 0 Å². The van der Waals surface area contributed by atoms with Gasteiger partial charge in [-0.3, -0.25) is 4.99 Å². The van der Waals surface area contributed by atoms with Gasteiger partial charge < -0.3 is 25.4 Å². The Hall–Kier alpha value is -0.770. The Morgan fingerprint density at radius 2 is 2.14 bits per heavy atom. The number of likely N-dealkylation sites (tertiary alicyclic amines) is 1. The highest BCUT2D eigenvalue weighted by Crippen LogP contribution is 2.13. The molecule has 1 unspecified atom stereocenters. The molecule has 0 aromatic heterocycles. The van der Waals surface area contributed by atoms with Crippen LogP contribution in [0.1, 0.15) is 32.6 Å². The molecule has 2 fully saturated rings. The molecule has 1 amide bonds. The fourth-order valence-corrected chi connectivity index (χ4v) is 2.66. The predicted molar refractivity (Wildman–Crippen MR) is 95.6 cm³/mol. The molecule has 8 heteroatoms. The highest BCUT2D eigenvalue weighted by atomic mass is 127. The smallest absolute Gasteiger partial charge is 0.409 e. The average molecular weight is 426 g/mol. The molecule has 0 spiro atoms. The van der Waals surface area contributed by atoms with Crippen LogP contribution in [0.25, 0.3) is 0 Å². The first-order chi connectivity index (χ1) is 10.2. The van der Waals surface area contributed by atoms with E-state index >= 15 is 0 Å². The van der Waals surface area contributed by atoms with E-state index in [1.54, 1.807) is 4.90 Å². The lowest BCUT2D eigenvalue weighted by Crippen LogP contribution is -2.48. The number of guanidine groups is 1. The van der Waals surface area contributed by atoms with Gasteiger partial charge in [-0.1, -0.05) is 0 Å². The zero-order valence-corrected chi connectivity index (χ0v) is 15.5. The molecular formula is C14H27IN4O3. The number of carbonyl (C=O) groups excluding carboxylic acids is 1. The second-order valence-electron chi connectivity index (χ2n) is 5.47. The van der Waals surface area contributed by atoms with Crippen molar-refractivity contribution < 1.29 is 14.3 Å². The molecule has 2 saturated heterocycles. The summed E-state index contributed by atoms with van der Waals surface area (Å²) in [6.07, 6.45) is 3.88. The van der Waals surface area contributed by atoms with Gasteiger partial charge in [-0.15, -0.1) is 24.0 Å². The second-order valence-corrected chi connectivity index (χ2v) is 5.47. The highest BCUT2D eigenvalue weighted by molar-refractivity contribution is 14.0. The summed E-state index contributed by atoms with van der Waals surface area (Å²) in [4.78, 5) is 17.7. The lowest BCUT2D eigenvalue weighted by Gasteiger charge is -2.31. The topological polar surface area (TPSA) is 89.2 Å². The highest BCUT2D eigenvalue weighted by Gasteiger charge is 2.23. The van der Waals surface area contributed by atoms with Crippen LogP contribution >= 0.6 is 24.0 Å². The molecule has 2 rings (SSSR count). The molecule has 0 aromatic rings. The van der Waals surface area contributed by atoms with Crippen LogP contribution in [-0.2, 0) is 9.47 Å². The van der Waals surface area contributed by atoms with E-state index in [4.69, 9.17) is 15.2 Å². The number of halogens is 1. The molecule has 3 N–H and O–H groups in total. The van der Waals surface area contributed by atoms with Crippen molar-refractivity contribution in [1.29, 1.82) is 0 Å². The fourth-order valence-electron chi connectivity index (χ4n) is 2.66. The number of rotatable bonds is 4. The number of ether oxygens (including phenoxy) is 2. The Balaban J connectivity index is 0.00000242. The minimum Gasteiger partial charge on any atom is -0.450 e. The number of hydrogen-bond donors (Lipinski definition) is 2. The van der Waals surface area contributed by atoms with Crippen LogP contribution < -0.4 is 11.1 Å². The van der Waals surface area contributed by atoms with Crippen molar-refractivity contribution in [2.24, 2.45) is 10.7 Å². The monoisotopic (exact) mass is 426 g/mol. The van der Waals surface area contributed by atoms with E-state index in [0.29, 0.717) is 32.2 Å². The molecule has 0 aliphatic carbocycles. The first kappa shape index (κ1) is 19.3. The molecule has 2 aliphatic heterocycles. The minimum atomic E-state index is -0.226. The summed E-state index contributed by atoms with van der Waals surface area (Å²) in [5.74, 6) is 0.472. The van der Waals surface area contributed by atoms with Crippen molar-refractivity contribution in [2.45, 2.75) is 44.8 Å². The molecule has 7 nitrogen and oxygen atoms in total. The zero-order chi connectivity index (χ0) is 15.1. The lowest BCUT2D eigenvalue weighted by molar-refractivity contribution is 0.0963. The van der Waals surface area contributed by atoms with Crippen molar-refractivity contribution in [2.75, 3.05) is 32.8 Å². The SMILES string of the molecule is CCOC(=O)N1CCC(NC(N)=NCC2CCCO2)CC1.I. The third-order valence-corrected chi connectivity index (χ3v) is 3.86. The van der Waals surface area contributed by atoms with Gasteiger partial charge in [-0.2, -0.15) is 0 Å². The van der Waals surface area contributed by atoms with Crippen LogP contribution in [-0.4, -0.2) is 61.9 Å². The zero-order valence-electron chi connectivity index (χ0n) is 13.1. The minimum absolute atomic E-state index is 0. The Morgan fingerprint density at radius 3 is 2.73 bits per heavy atom. The Morgan fingerprint density at radius 1 is 1.41 bits per heavy atom. The van der Waals surface area contributed by atoms with E-state index in [2.05, 4.69) is 10.3 Å². The van der Waals surface area contributed by atoms with Crippen molar-refractivity contribution in [1.82, 2.24) is 10.2 Å². The van der Waals surface area contributed by atoms with Crippen LogP contribution in [0.4, 0.5) is 4.79 Å². The summed E-state index contributed by atoms with van der Waals surface area (Å²) in [6, 6.07) is 0.268. The van der Waals surface area contributed by atoms with Gasteiger partial charge in [-0.05, 0) is 32.6 Å². The summed E-state index contributed by atoms with van der Waals surface area (Å²) in [7, 11) is 0. The van der Waals surface area contributed by atoms with Crippen molar-refractivity contribution in [3.63, 3.8) is 0 Å². The number of aliphatic imine (C=N–C) groups is 1. The molecule has 128 valence electrons. The molecule has 0 radical (unpaired) electrons. The molecule has 0 aromatic carbocycles. The van der Waals surface area contributed by atoms with Crippen molar-refractivity contribution in [3.05, 3.63) is 0 Å². The number of piperidine rings is 1. The van der Waals surface area contributed by atoms with Crippen molar-refractivity contribution >= 4 is 36.0 Å². The van der Waals surface area contributed by atoms with Gasteiger partial charge in [0.2, 0.25) is 0 Å². The summed E-state index contributed by atoms with van der Waals surface area (Å²) in [6.45, 7) is 5.07. The largest absolute Gasteiger partial charge is 0.450 e. The Kier molecular flexibility index (Phi) is 8.84. The van der Waals surface area contributed by atoms with E-state index in [0.717, 1.165) is 32.3 Å². The molecule has 2 heterocycles. The maximum atomic E-state index is 11.6. The maximum absolute atomic E-state index is 11.6. The average Bonchev–Trinajstić information content (AvgIpc) is 2.99. The Bertz CT molecular complexity index is 367. The number of nitrogens with two attached hydrogens (primary N) is 1. The van der Waals surface area contributed by atoms with E-state index in [-0.39, 0.29) is 42.2 Å². The standard InChI is InChI=1S/C14H26N4O3.HI/c1-2-20-14(19)18-7-5-11(6-8-18)17-13(15)16-10-12-4-3-9-21-12;/h11-12H,2-10H2,1H3,(H3,15,16,17);1H. The van der Waals surface area contributed by atoms with E-state index in [1.165, 1.54) is 0 Å². The third-order valence-electron chi connectivity index (χ3n) is 3.86. The van der Waals surface area contributed by atoms with Gasteiger partial charge >= 0.3 is 6.09 Å². The maximum Gasteiger partial charge on any atom is 0.409 e. The molecule has 0 bridgehead atoms. The molecule has 2 aliphatic rings. The summed E-state index contributed by atoms with van der Waals surface area (Å²) in [5, 5.41) is 3.23. The van der Waals surface area contributed by atoms with Gasteiger partial charge in [0.25, 0.3) is 0 Å². The quantitative estimate of drug-likeness (QED) is 0.402. The second kappa shape index (κ2) is 10.1. The number of hydrogen-bond acceptors (Lipinski definition) is 4. The Labute approximate surface area is 149 Å². The first-order valence-electron chi connectivity index (χ1n) is 7.78. The predicted octanol–water partition coefficient (Wildman–Crippen LogP) is 1.31. The normalized spacial score (nSPS) is 23.0. The van der Waals surface area contributed by atoms with Crippen molar-refractivity contribution in [3.8, 4) is 0 Å². The lowest BCUT2D eigenvalue weighted by atomic mass is 10.1. The van der Waals surface area contributed by atoms with E-state index in [1.807, 2.05) is 6.92 Å².